The molecule has 29 heavy (non-hydrogen) atoms. The van der Waals surface area contributed by atoms with Crippen molar-refractivity contribution in [3.8, 4) is 0 Å². The number of allylic oxidation sites excluding steroid dienone is 1. The summed E-state index contributed by atoms with van der Waals surface area (Å²) < 4.78 is 34.9. The van der Waals surface area contributed by atoms with Crippen LogP contribution >= 0.6 is 0 Å². The number of ether oxygens (including phenoxy) is 4. The lowest BCUT2D eigenvalue weighted by Crippen LogP contribution is -2.52. The van der Waals surface area contributed by atoms with E-state index in [1.54, 1.807) is 0 Å². The van der Waals surface area contributed by atoms with E-state index in [1.165, 1.54) is 0 Å². The van der Waals surface area contributed by atoms with Crippen LogP contribution in [0.1, 0.15) is 33.6 Å². The van der Waals surface area contributed by atoms with Crippen molar-refractivity contribution in [1.82, 2.24) is 0 Å². The third-order valence-corrected chi connectivity index (χ3v) is 15.5. The zero-order valence-corrected chi connectivity index (χ0v) is 23.4. The molecule has 174 valence electrons. The molecule has 9 heteroatoms. The maximum absolute atomic E-state index is 6.62. The summed E-state index contributed by atoms with van der Waals surface area (Å²) >= 11 is 0. The van der Waals surface area contributed by atoms with Crippen LogP contribution in [0.15, 0.2) is 12.3 Å². The predicted octanol–water partition coefficient (Wildman–Crippen LogP) is 5.84. The van der Waals surface area contributed by atoms with Crippen molar-refractivity contribution in [2.75, 3.05) is 26.8 Å². The van der Waals surface area contributed by atoms with Gasteiger partial charge in [0.1, 0.15) is 6.79 Å². The average Bonchev–Trinajstić information content (AvgIpc) is 2.51. The summed E-state index contributed by atoms with van der Waals surface area (Å²) in [6, 6.07) is 2.11. The van der Waals surface area contributed by atoms with E-state index < -0.39 is 25.2 Å². The van der Waals surface area contributed by atoms with E-state index in [2.05, 4.69) is 45.9 Å². The summed E-state index contributed by atoms with van der Waals surface area (Å²) in [6.07, 6.45) is 2.17. The molecule has 0 unspecified atom stereocenters. The van der Waals surface area contributed by atoms with Crippen LogP contribution in [0.5, 0.6) is 0 Å². The summed E-state index contributed by atoms with van der Waals surface area (Å²) in [6.45, 7) is 25.0. The van der Waals surface area contributed by atoms with Crippen molar-refractivity contribution in [3.05, 3.63) is 12.3 Å². The van der Waals surface area contributed by atoms with Gasteiger partial charge in [0.2, 0.25) is 0 Å². The Morgan fingerprint density at radius 3 is 1.66 bits per heavy atom. The minimum Gasteiger partial charge on any atom is -0.473 e. The molecule has 0 saturated heterocycles. The molecule has 0 aliphatic heterocycles. The highest BCUT2D eigenvalue weighted by Crippen LogP contribution is 2.26. The summed E-state index contributed by atoms with van der Waals surface area (Å²) in [5.41, 5.74) is 0. The minimum atomic E-state index is -2.17. The fraction of sp³-hybridized carbons (Fsp3) is 0.900. The molecule has 0 rings (SSSR count). The highest BCUT2D eigenvalue weighted by atomic mass is 28.5. The molecule has 0 amide bonds. The Kier molecular flexibility index (Phi) is 14.1. The van der Waals surface area contributed by atoms with Crippen LogP contribution in [0, 0.1) is 0 Å². The van der Waals surface area contributed by atoms with Crippen molar-refractivity contribution in [2.45, 2.75) is 91.1 Å². The van der Waals surface area contributed by atoms with Gasteiger partial charge < -0.3 is 27.2 Å². The molecular weight excluding hydrogens is 420 g/mol. The second-order valence-corrected chi connectivity index (χ2v) is 21.9. The number of hydrogen-bond donors (Lipinski definition) is 0. The molecular formula is C20H46O6Si3. The zero-order chi connectivity index (χ0) is 22.6. The van der Waals surface area contributed by atoms with Gasteiger partial charge in [-0.25, -0.2) is 0 Å². The molecule has 0 N–H and O–H groups in total. The largest absolute Gasteiger partial charge is 0.473 e. The molecule has 0 spiro atoms. The van der Waals surface area contributed by atoms with Gasteiger partial charge in [-0.2, -0.15) is 0 Å². The Morgan fingerprint density at radius 1 is 0.793 bits per heavy atom. The van der Waals surface area contributed by atoms with Crippen LogP contribution in [0.25, 0.3) is 0 Å². The van der Waals surface area contributed by atoms with Crippen LogP contribution in [-0.2, 0) is 27.2 Å². The van der Waals surface area contributed by atoms with Gasteiger partial charge in [0.05, 0.1) is 18.5 Å². The Morgan fingerprint density at radius 2 is 1.24 bits per heavy atom. The van der Waals surface area contributed by atoms with Gasteiger partial charge in [0.25, 0.3) is 0 Å². The van der Waals surface area contributed by atoms with Crippen molar-refractivity contribution in [2.24, 2.45) is 0 Å². The topological polar surface area (TPSA) is 55.4 Å². The van der Waals surface area contributed by atoms with Gasteiger partial charge in [-0.3, -0.25) is 0 Å². The predicted molar refractivity (Wildman–Crippen MR) is 127 cm³/mol. The second-order valence-electron chi connectivity index (χ2n) is 9.44. The molecule has 0 aromatic carbocycles. The van der Waals surface area contributed by atoms with E-state index in [0.717, 1.165) is 24.9 Å². The molecule has 0 aliphatic carbocycles. The first-order valence-corrected chi connectivity index (χ1v) is 19.8. The Hall–Kier alpha value is -0.00935. The highest BCUT2D eigenvalue weighted by Gasteiger charge is 2.39. The van der Waals surface area contributed by atoms with Crippen molar-refractivity contribution in [1.29, 1.82) is 0 Å². The first-order valence-electron chi connectivity index (χ1n) is 10.7. The summed E-state index contributed by atoms with van der Waals surface area (Å²) in [5.74, 6) is 0.676. The van der Waals surface area contributed by atoms with Gasteiger partial charge in [-0.1, -0.05) is 6.58 Å². The van der Waals surface area contributed by atoms with Crippen molar-refractivity contribution < 1.29 is 27.2 Å². The van der Waals surface area contributed by atoms with Crippen LogP contribution in [0.4, 0.5) is 0 Å². The Bertz CT molecular complexity index is 455. The molecule has 0 bridgehead atoms. The van der Waals surface area contributed by atoms with E-state index >= 15 is 0 Å². The van der Waals surface area contributed by atoms with Gasteiger partial charge in [0.15, 0.2) is 23.4 Å². The summed E-state index contributed by atoms with van der Waals surface area (Å²) in [5, 5.41) is 0. The lowest BCUT2D eigenvalue weighted by Gasteiger charge is -2.38. The lowest BCUT2D eigenvalue weighted by molar-refractivity contribution is -0.0781. The van der Waals surface area contributed by atoms with E-state index in [9.17, 15) is 0 Å². The smallest absolute Gasteiger partial charge is 0.311 e. The third kappa shape index (κ3) is 18.5. The van der Waals surface area contributed by atoms with E-state index in [4.69, 9.17) is 27.2 Å². The first kappa shape index (κ1) is 29.0. The molecule has 0 aliphatic rings. The maximum atomic E-state index is 6.62. The number of hydrogen-bond acceptors (Lipinski definition) is 6. The second kappa shape index (κ2) is 14.1. The van der Waals surface area contributed by atoms with Gasteiger partial charge in [0, 0.05) is 6.61 Å². The molecule has 0 heterocycles. The molecule has 0 aromatic rings. The minimum absolute atomic E-state index is 0.205. The van der Waals surface area contributed by atoms with Gasteiger partial charge in [-0.15, -0.1) is 0 Å². The van der Waals surface area contributed by atoms with Crippen molar-refractivity contribution in [3.63, 3.8) is 0 Å². The van der Waals surface area contributed by atoms with Crippen LogP contribution < -0.4 is 0 Å². The molecule has 0 radical (unpaired) electrons. The summed E-state index contributed by atoms with van der Waals surface area (Å²) in [4.78, 5) is 0. The maximum Gasteiger partial charge on any atom is 0.311 e. The zero-order valence-electron chi connectivity index (χ0n) is 20.4. The van der Waals surface area contributed by atoms with Gasteiger partial charge >= 0.3 is 8.56 Å². The monoisotopic (exact) mass is 466 g/mol. The van der Waals surface area contributed by atoms with E-state index in [-0.39, 0.29) is 12.9 Å². The standard InChI is InChI=1S/C20H46O6Si3/c1-19(2)23-17-21-13-11-15-27(5,6)25-29(9,10)26-28(7,8)16-12-14-22-18-24-20(3)4/h20H,1,11-18H2,2-10H3. The fourth-order valence-corrected chi connectivity index (χ4v) is 17.1. The molecule has 0 fully saturated rings. The average molecular weight is 467 g/mol. The molecule has 6 nitrogen and oxygen atoms in total. The van der Waals surface area contributed by atoms with Gasteiger partial charge in [-0.05, 0) is 85.0 Å². The Labute approximate surface area is 182 Å². The molecule has 0 atom stereocenters. The highest BCUT2D eigenvalue weighted by molar-refractivity contribution is 6.87. The fourth-order valence-electron chi connectivity index (χ4n) is 3.10. The number of rotatable bonds is 18. The van der Waals surface area contributed by atoms with Crippen LogP contribution in [0.2, 0.25) is 51.4 Å². The third-order valence-electron chi connectivity index (χ3n) is 4.05. The van der Waals surface area contributed by atoms with E-state index in [1.807, 2.05) is 20.8 Å². The van der Waals surface area contributed by atoms with Crippen molar-refractivity contribution >= 4 is 25.2 Å². The lowest BCUT2D eigenvalue weighted by atomic mass is 10.5. The summed E-state index contributed by atoms with van der Waals surface area (Å²) in [7, 11) is -5.77. The first-order chi connectivity index (χ1) is 13.2. The normalized spacial score (nSPS) is 13.2. The Balaban J connectivity index is 4.19. The van der Waals surface area contributed by atoms with E-state index in [0.29, 0.717) is 25.8 Å². The van der Waals surface area contributed by atoms with Crippen LogP contribution in [0.3, 0.4) is 0 Å². The molecule has 0 saturated carbocycles. The van der Waals surface area contributed by atoms with Crippen LogP contribution in [-0.4, -0.2) is 58.1 Å². The quantitative estimate of drug-likeness (QED) is 0.109. The molecule has 0 aromatic heterocycles. The SMILES string of the molecule is C=C(C)OCOCCC[Si](C)(C)O[Si](C)(C)O[Si](C)(C)CCCOCOC(C)C.